The lowest BCUT2D eigenvalue weighted by molar-refractivity contribution is 0.409. The fourth-order valence-electron chi connectivity index (χ4n) is 2.04. The molecule has 0 saturated heterocycles. The molecule has 0 aliphatic carbocycles. The fourth-order valence-corrected chi connectivity index (χ4v) is 2.45. The third kappa shape index (κ3) is 3.81. The minimum atomic E-state index is -0.228. The van der Waals surface area contributed by atoms with Crippen molar-refractivity contribution in [3.63, 3.8) is 0 Å². The van der Waals surface area contributed by atoms with E-state index in [1.807, 2.05) is 24.3 Å². The lowest BCUT2D eigenvalue weighted by atomic mass is 10.1. The zero-order valence-electron chi connectivity index (χ0n) is 11.3. The van der Waals surface area contributed by atoms with Crippen LogP contribution < -0.4 is 10.1 Å². The van der Waals surface area contributed by atoms with Crippen molar-refractivity contribution in [3.8, 4) is 5.75 Å². The quantitative estimate of drug-likeness (QED) is 0.806. The van der Waals surface area contributed by atoms with Gasteiger partial charge in [-0.2, -0.15) is 0 Å². The third-order valence-electron chi connectivity index (χ3n) is 3.11. The summed E-state index contributed by atoms with van der Waals surface area (Å²) in [5, 5.41) is 3.32. The predicted molar refractivity (Wildman–Crippen MR) is 82.5 cm³/mol. The number of ether oxygens (including phenoxy) is 1. The molecule has 2 aromatic carbocycles. The third-order valence-corrected chi connectivity index (χ3v) is 4.00. The summed E-state index contributed by atoms with van der Waals surface area (Å²) in [5.41, 5.74) is 2.09. The van der Waals surface area contributed by atoms with Gasteiger partial charge in [-0.15, -0.1) is 0 Å². The molecule has 2 nitrogen and oxygen atoms in total. The van der Waals surface area contributed by atoms with Crippen molar-refractivity contribution >= 4 is 15.9 Å². The molecule has 106 valence electrons. The lowest BCUT2D eigenvalue weighted by Gasteiger charge is -2.10. The molecule has 0 fully saturated rings. The second kappa shape index (κ2) is 7.41. The second-order valence-electron chi connectivity index (χ2n) is 4.45. The summed E-state index contributed by atoms with van der Waals surface area (Å²) < 4.78 is 19.2. The van der Waals surface area contributed by atoms with Crippen molar-refractivity contribution in [2.24, 2.45) is 0 Å². The Morgan fingerprint density at radius 2 is 1.85 bits per heavy atom. The molecule has 0 aromatic heterocycles. The second-order valence-corrected chi connectivity index (χ2v) is 5.24. The smallest absolute Gasteiger partial charge is 0.137 e. The van der Waals surface area contributed by atoms with Gasteiger partial charge in [-0.3, -0.25) is 0 Å². The van der Waals surface area contributed by atoms with Crippen molar-refractivity contribution in [3.05, 3.63) is 63.9 Å². The summed E-state index contributed by atoms with van der Waals surface area (Å²) in [4.78, 5) is 0. The van der Waals surface area contributed by atoms with Crippen LogP contribution in [0.25, 0.3) is 0 Å². The van der Waals surface area contributed by atoms with Crippen LogP contribution in [0.15, 0.2) is 46.9 Å². The summed E-state index contributed by atoms with van der Waals surface area (Å²) in [6.45, 7) is 1.44. The number of benzene rings is 2. The van der Waals surface area contributed by atoms with Gasteiger partial charge in [0.05, 0.1) is 11.6 Å². The zero-order chi connectivity index (χ0) is 14.4. The first kappa shape index (κ1) is 15.0. The first-order valence-electron chi connectivity index (χ1n) is 6.48. The molecule has 0 heterocycles. The average molecular weight is 338 g/mol. The van der Waals surface area contributed by atoms with Gasteiger partial charge in [0, 0.05) is 6.54 Å². The van der Waals surface area contributed by atoms with Crippen molar-refractivity contribution in [1.82, 2.24) is 5.32 Å². The molecular formula is C16H17BrFNO. The van der Waals surface area contributed by atoms with E-state index < -0.39 is 0 Å². The Morgan fingerprint density at radius 3 is 2.65 bits per heavy atom. The SMILES string of the molecule is COc1ccccc1CCNCc1cccc(F)c1Br. The first-order chi connectivity index (χ1) is 9.72. The topological polar surface area (TPSA) is 21.3 Å². The minimum Gasteiger partial charge on any atom is -0.496 e. The normalized spacial score (nSPS) is 10.6. The minimum absolute atomic E-state index is 0.228. The highest BCUT2D eigenvalue weighted by molar-refractivity contribution is 9.10. The van der Waals surface area contributed by atoms with Crippen LogP contribution in [0.5, 0.6) is 5.75 Å². The van der Waals surface area contributed by atoms with E-state index in [4.69, 9.17) is 4.74 Å². The number of nitrogens with one attached hydrogen (secondary N) is 1. The largest absolute Gasteiger partial charge is 0.496 e. The molecule has 2 rings (SSSR count). The van der Waals surface area contributed by atoms with Crippen LogP contribution in [0.2, 0.25) is 0 Å². The van der Waals surface area contributed by atoms with Gasteiger partial charge in [0.2, 0.25) is 0 Å². The summed E-state index contributed by atoms with van der Waals surface area (Å²) in [6, 6.07) is 13.0. The molecule has 4 heteroatoms. The molecule has 1 N–H and O–H groups in total. The van der Waals surface area contributed by atoms with Crippen molar-refractivity contribution in [2.45, 2.75) is 13.0 Å². The summed E-state index contributed by atoms with van der Waals surface area (Å²) in [7, 11) is 1.68. The van der Waals surface area contributed by atoms with Crippen molar-refractivity contribution < 1.29 is 9.13 Å². The number of hydrogen-bond donors (Lipinski definition) is 1. The van der Waals surface area contributed by atoms with Gasteiger partial charge >= 0.3 is 0 Å². The molecule has 0 saturated carbocycles. The molecule has 0 aliphatic heterocycles. The van der Waals surface area contributed by atoms with E-state index >= 15 is 0 Å². The van der Waals surface area contributed by atoms with E-state index in [0.717, 1.165) is 24.3 Å². The van der Waals surface area contributed by atoms with Gasteiger partial charge in [0.1, 0.15) is 11.6 Å². The van der Waals surface area contributed by atoms with Gasteiger partial charge in [0.15, 0.2) is 0 Å². The van der Waals surface area contributed by atoms with Crippen LogP contribution >= 0.6 is 15.9 Å². The van der Waals surface area contributed by atoms with Crippen LogP contribution in [-0.2, 0) is 13.0 Å². The van der Waals surface area contributed by atoms with Crippen LogP contribution in [-0.4, -0.2) is 13.7 Å². The number of rotatable bonds is 6. The highest BCUT2D eigenvalue weighted by Crippen LogP contribution is 2.20. The van der Waals surface area contributed by atoms with Gasteiger partial charge in [-0.05, 0) is 52.2 Å². The van der Waals surface area contributed by atoms with Gasteiger partial charge in [-0.1, -0.05) is 30.3 Å². The van der Waals surface area contributed by atoms with Gasteiger partial charge in [-0.25, -0.2) is 4.39 Å². The van der Waals surface area contributed by atoms with Crippen molar-refractivity contribution in [1.29, 1.82) is 0 Å². The molecule has 0 radical (unpaired) electrons. The number of para-hydroxylation sites is 1. The molecule has 2 aromatic rings. The summed E-state index contributed by atoms with van der Waals surface area (Å²) in [5.74, 6) is 0.676. The summed E-state index contributed by atoms with van der Waals surface area (Å²) >= 11 is 3.27. The van der Waals surface area contributed by atoms with Gasteiger partial charge < -0.3 is 10.1 Å². The molecule has 0 bridgehead atoms. The fraction of sp³-hybridized carbons (Fsp3) is 0.250. The van der Waals surface area contributed by atoms with E-state index in [2.05, 4.69) is 27.3 Å². The van der Waals surface area contributed by atoms with E-state index in [1.165, 1.54) is 11.6 Å². The Labute approximate surface area is 127 Å². The molecule has 20 heavy (non-hydrogen) atoms. The van der Waals surface area contributed by atoms with Gasteiger partial charge in [0.25, 0.3) is 0 Å². The van der Waals surface area contributed by atoms with E-state index in [9.17, 15) is 4.39 Å². The maximum absolute atomic E-state index is 13.4. The Kier molecular flexibility index (Phi) is 5.56. The molecule has 0 aliphatic rings. The molecule has 0 amide bonds. The predicted octanol–water partition coefficient (Wildman–Crippen LogP) is 3.93. The molecule has 0 unspecified atom stereocenters. The summed E-state index contributed by atoms with van der Waals surface area (Å²) in [6.07, 6.45) is 0.872. The maximum atomic E-state index is 13.4. The Hall–Kier alpha value is -1.39. The van der Waals surface area contributed by atoms with E-state index in [1.54, 1.807) is 13.2 Å². The number of methoxy groups -OCH3 is 1. The monoisotopic (exact) mass is 337 g/mol. The highest BCUT2D eigenvalue weighted by Gasteiger charge is 2.05. The molecule has 0 spiro atoms. The van der Waals surface area contributed by atoms with Crippen LogP contribution in [0.3, 0.4) is 0 Å². The van der Waals surface area contributed by atoms with Crippen LogP contribution in [0, 0.1) is 5.82 Å². The maximum Gasteiger partial charge on any atom is 0.137 e. The lowest BCUT2D eigenvalue weighted by Crippen LogP contribution is -2.17. The highest BCUT2D eigenvalue weighted by atomic mass is 79.9. The Morgan fingerprint density at radius 1 is 1.10 bits per heavy atom. The number of halogens is 2. The Balaban J connectivity index is 1.86. The van der Waals surface area contributed by atoms with Crippen LogP contribution in [0.1, 0.15) is 11.1 Å². The molecular weight excluding hydrogens is 321 g/mol. The van der Waals surface area contributed by atoms with Crippen molar-refractivity contribution in [2.75, 3.05) is 13.7 Å². The van der Waals surface area contributed by atoms with E-state index in [0.29, 0.717) is 11.0 Å². The standard InChI is InChI=1S/C16H17BrFNO/c1-20-15-8-3-2-5-12(15)9-10-19-11-13-6-4-7-14(18)16(13)17/h2-8,19H,9-11H2,1H3. The van der Waals surface area contributed by atoms with E-state index in [-0.39, 0.29) is 5.82 Å². The average Bonchev–Trinajstić information content (AvgIpc) is 2.48. The molecule has 0 atom stereocenters. The first-order valence-corrected chi connectivity index (χ1v) is 7.27. The Bertz CT molecular complexity index is 574. The number of hydrogen-bond acceptors (Lipinski definition) is 2. The van der Waals surface area contributed by atoms with Crippen LogP contribution in [0.4, 0.5) is 4.39 Å². The zero-order valence-corrected chi connectivity index (χ0v) is 12.9.